The summed E-state index contributed by atoms with van der Waals surface area (Å²) in [5.41, 5.74) is 1.92. The summed E-state index contributed by atoms with van der Waals surface area (Å²) in [4.78, 5) is 12.3. The Balaban J connectivity index is 1.91. The molecule has 0 saturated heterocycles. The zero-order valence-electron chi connectivity index (χ0n) is 16.7. The molecule has 2 aromatic heterocycles. The Bertz CT molecular complexity index is 1090. The molecule has 0 fully saturated rings. The van der Waals surface area contributed by atoms with Gasteiger partial charge in [0.2, 0.25) is 16.0 Å². The summed E-state index contributed by atoms with van der Waals surface area (Å²) in [6, 6.07) is 9.07. The van der Waals surface area contributed by atoms with E-state index in [0.717, 1.165) is 17.5 Å². The number of fused-ring (bicyclic) bond motifs is 1. The van der Waals surface area contributed by atoms with E-state index >= 15 is 0 Å². The molecule has 4 N–H and O–H groups in total. The Kier molecular flexibility index (Phi) is 5.20. The number of nitrogens with one attached hydrogen (secondary N) is 4. The van der Waals surface area contributed by atoms with Crippen LogP contribution >= 0.6 is 0 Å². The van der Waals surface area contributed by atoms with Gasteiger partial charge in [0, 0.05) is 17.9 Å². The SMILES string of the molecule is C[C@@H](Nc1nc(Nc2cccc(NS(C)(=O)=O)c2)nc2[nH]ccc12)C(C)(C)C. The molecule has 0 spiro atoms. The van der Waals surface area contributed by atoms with Gasteiger partial charge >= 0.3 is 0 Å². The summed E-state index contributed by atoms with van der Waals surface area (Å²) in [5, 5.41) is 7.54. The molecule has 2 heterocycles. The maximum Gasteiger partial charge on any atom is 0.231 e. The average molecular weight is 403 g/mol. The molecular weight excluding hydrogens is 376 g/mol. The van der Waals surface area contributed by atoms with Gasteiger partial charge in [-0.15, -0.1) is 0 Å². The minimum absolute atomic E-state index is 0.0623. The molecule has 9 heteroatoms. The number of benzene rings is 1. The van der Waals surface area contributed by atoms with Crippen molar-refractivity contribution in [1.29, 1.82) is 0 Å². The van der Waals surface area contributed by atoms with Gasteiger partial charge in [0.1, 0.15) is 11.5 Å². The predicted molar refractivity (Wildman–Crippen MR) is 115 cm³/mol. The molecule has 0 bridgehead atoms. The van der Waals surface area contributed by atoms with Gasteiger partial charge in [-0.05, 0) is 36.6 Å². The van der Waals surface area contributed by atoms with Crippen molar-refractivity contribution < 1.29 is 8.42 Å². The molecule has 3 rings (SSSR count). The molecule has 0 aliphatic heterocycles. The maximum atomic E-state index is 11.4. The Labute approximate surface area is 165 Å². The van der Waals surface area contributed by atoms with Crippen molar-refractivity contribution in [2.75, 3.05) is 21.6 Å². The first kappa shape index (κ1) is 19.9. The number of sulfonamides is 1. The first-order valence-electron chi connectivity index (χ1n) is 8.98. The summed E-state index contributed by atoms with van der Waals surface area (Å²) < 4.78 is 25.4. The van der Waals surface area contributed by atoms with Crippen LogP contribution in [0.5, 0.6) is 0 Å². The number of hydrogen-bond donors (Lipinski definition) is 4. The number of H-pyrrole nitrogens is 1. The van der Waals surface area contributed by atoms with Crippen LogP contribution in [-0.4, -0.2) is 35.7 Å². The first-order valence-corrected chi connectivity index (χ1v) is 10.9. The second kappa shape index (κ2) is 7.31. The Morgan fingerprint density at radius 2 is 1.82 bits per heavy atom. The fourth-order valence-corrected chi connectivity index (χ4v) is 3.09. The lowest BCUT2D eigenvalue weighted by atomic mass is 9.88. The number of anilines is 4. The quantitative estimate of drug-likeness (QED) is 0.497. The van der Waals surface area contributed by atoms with Crippen molar-refractivity contribution >= 4 is 44.2 Å². The van der Waals surface area contributed by atoms with E-state index < -0.39 is 10.0 Å². The van der Waals surface area contributed by atoms with Gasteiger partial charge in [0.05, 0.1) is 17.3 Å². The summed E-state index contributed by atoms with van der Waals surface area (Å²) in [6.45, 7) is 8.62. The molecule has 1 aromatic carbocycles. The van der Waals surface area contributed by atoms with Crippen molar-refractivity contribution in [2.45, 2.75) is 33.7 Å². The van der Waals surface area contributed by atoms with Crippen LogP contribution in [0.2, 0.25) is 0 Å². The van der Waals surface area contributed by atoms with Crippen LogP contribution in [0.1, 0.15) is 27.7 Å². The highest BCUT2D eigenvalue weighted by atomic mass is 32.2. The van der Waals surface area contributed by atoms with Crippen LogP contribution in [-0.2, 0) is 10.0 Å². The Morgan fingerprint density at radius 1 is 1.11 bits per heavy atom. The molecule has 0 amide bonds. The van der Waals surface area contributed by atoms with Gasteiger partial charge in [0.15, 0.2) is 0 Å². The van der Waals surface area contributed by atoms with Crippen LogP contribution in [0.3, 0.4) is 0 Å². The lowest BCUT2D eigenvalue weighted by molar-refractivity contribution is 0.359. The largest absolute Gasteiger partial charge is 0.366 e. The predicted octanol–water partition coefficient (Wildman–Crippen LogP) is 3.92. The first-order chi connectivity index (χ1) is 13.0. The standard InChI is InChI=1S/C19H26N6O2S/c1-12(19(2,3)4)21-17-15-9-10-20-16(15)23-18(24-17)22-13-7-6-8-14(11-13)25-28(5,26)27/h6-12,25H,1-5H3,(H3,20,21,22,23,24)/t12-/m1/s1. The van der Waals surface area contributed by atoms with Crippen molar-refractivity contribution in [1.82, 2.24) is 15.0 Å². The highest BCUT2D eigenvalue weighted by molar-refractivity contribution is 7.92. The minimum atomic E-state index is -3.35. The fourth-order valence-electron chi connectivity index (χ4n) is 2.53. The molecule has 0 saturated carbocycles. The zero-order chi connectivity index (χ0) is 20.5. The van der Waals surface area contributed by atoms with Gasteiger partial charge in [-0.1, -0.05) is 26.8 Å². The van der Waals surface area contributed by atoms with Crippen LogP contribution in [0.25, 0.3) is 11.0 Å². The molecule has 8 nitrogen and oxygen atoms in total. The van der Waals surface area contributed by atoms with E-state index in [2.05, 4.69) is 58.0 Å². The van der Waals surface area contributed by atoms with E-state index in [0.29, 0.717) is 23.0 Å². The van der Waals surface area contributed by atoms with Gasteiger partial charge in [-0.2, -0.15) is 9.97 Å². The van der Waals surface area contributed by atoms with Crippen molar-refractivity contribution in [3.63, 3.8) is 0 Å². The molecule has 3 aromatic rings. The number of hydrogen-bond acceptors (Lipinski definition) is 6. The maximum absolute atomic E-state index is 11.4. The van der Waals surface area contributed by atoms with Crippen molar-refractivity contribution in [3.8, 4) is 0 Å². The van der Waals surface area contributed by atoms with Crippen LogP contribution in [0.4, 0.5) is 23.1 Å². The molecule has 0 unspecified atom stereocenters. The van der Waals surface area contributed by atoms with E-state index in [9.17, 15) is 8.42 Å². The molecule has 150 valence electrons. The molecule has 28 heavy (non-hydrogen) atoms. The van der Waals surface area contributed by atoms with Gasteiger partial charge < -0.3 is 15.6 Å². The van der Waals surface area contributed by atoms with E-state index in [1.807, 2.05) is 18.3 Å². The summed E-state index contributed by atoms with van der Waals surface area (Å²) >= 11 is 0. The minimum Gasteiger partial charge on any atom is -0.366 e. The molecule has 0 radical (unpaired) electrons. The highest BCUT2D eigenvalue weighted by Crippen LogP contribution is 2.28. The highest BCUT2D eigenvalue weighted by Gasteiger charge is 2.21. The number of nitrogens with zero attached hydrogens (tertiary/aromatic N) is 2. The molecular formula is C19H26N6O2S. The van der Waals surface area contributed by atoms with Crippen LogP contribution in [0.15, 0.2) is 36.5 Å². The van der Waals surface area contributed by atoms with E-state index in [4.69, 9.17) is 0 Å². The third-order valence-electron chi connectivity index (χ3n) is 4.49. The second-order valence-electron chi connectivity index (χ2n) is 7.95. The summed E-state index contributed by atoms with van der Waals surface area (Å²) in [7, 11) is -3.35. The van der Waals surface area contributed by atoms with Gasteiger partial charge in [-0.3, -0.25) is 4.72 Å². The smallest absolute Gasteiger partial charge is 0.231 e. The van der Waals surface area contributed by atoms with E-state index in [1.165, 1.54) is 0 Å². The Morgan fingerprint density at radius 3 is 2.50 bits per heavy atom. The van der Waals surface area contributed by atoms with Crippen molar-refractivity contribution in [3.05, 3.63) is 36.5 Å². The van der Waals surface area contributed by atoms with E-state index in [1.54, 1.807) is 18.2 Å². The van der Waals surface area contributed by atoms with Crippen LogP contribution in [0, 0.1) is 5.41 Å². The normalized spacial score (nSPS) is 13.3. The third kappa shape index (κ3) is 4.92. The van der Waals surface area contributed by atoms with Gasteiger partial charge in [-0.25, -0.2) is 8.42 Å². The molecule has 0 aliphatic carbocycles. The Hall–Kier alpha value is -2.81. The summed E-state index contributed by atoms with van der Waals surface area (Å²) in [5.74, 6) is 1.15. The lowest BCUT2D eigenvalue weighted by Crippen LogP contribution is -2.31. The lowest BCUT2D eigenvalue weighted by Gasteiger charge is -2.28. The number of rotatable bonds is 6. The average Bonchev–Trinajstić information content (AvgIpc) is 3.01. The van der Waals surface area contributed by atoms with Crippen molar-refractivity contribution in [2.24, 2.45) is 5.41 Å². The number of aromatic amines is 1. The topological polar surface area (TPSA) is 112 Å². The zero-order valence-corrected chi connectivity index (χ0v) is 17.5. The van der Waals surface area contributed by atoms with E-state index in [-0.39, 0.29) is 11.5 Å². The molecule has 0 aliphatic rings. The monoisotopic (exact) mass is 402 g/mol. The second-order valence-corrected chi connectivity index (χ2v) is 9.70. The van der Waals surface area contributed by atoms with Crippen LogP contribution < -0.4 is 15.4 Å². The number of aromatic nitrogens is 3. The summed E-state index contributed by atoms with van der Waals surface area (Å²) in [6.07, 6.45) is 2.94. The van der Waals surface area contributed by atoms with Gasteiger partial charge in [0.25, 0.3) is 0 Å². The fraction of sp³-hybridized carbons (Fsp3) is 0.368. The molecule has 1 atom stereocenters. The third-order valence-corrected chi connectivity index (χ3v) is 5.10.